The number of benzene rings is 1. The lowest BCUT2D eigenvalue weighted by Gasteiger charge is -2.16. The Morgan fingerprint density at radius 2 is 2.22 bits per heavy atom. The van der Waals surface area contributed by atoms with Gasteiger partial charge in [0.05, 0.1) is 5.56 Å². The van der Waals surface area contributed by atoms with Gasteiger partial charge in [0, 0.05) is 30.5 Å². The van der Waals surface area contributed by atoms with Gasteiger partial charge in [-0.15, -0.1) is 23.4 Å². The van der Waals surface area contributed by atoms with Crippen LogP contribution in [-0.2, 0) is 4.74 Å². The number of rotatable bonds is 7. The monoisotopic (exact) mass is 287 g/mol. The van der Waals surface area contributed by atoms with Gasteiger partial charge < -0.3 is 10.1 Å². The number of halogens is 1. The van der Waals surface area contributed by atoms with Crippen molar-refractivity contribution in [1.29, 1.82) is 0 Å². The minimum Gasteiger partial charge on any atom is -0.385 e. The van der Waals surface area contributed by atoms with Crippen molar-refractivity contribution in [2.75, 3.05) is 25.9 Å². The predicted octanol–water partition coefficient (Wildman–Crippen LogP) is 2.78. The van der Waals surface area contributed by atoms with E-state index in [0.717, 1.165) is 4.90 Å². The minimum atomic E-state index is -0.0818. The number of hydrogen-bond donors (Lipinski definition) is 1. The molecule has 3 nitrogen and oxygen atoms in total. The molecule has 0 bridgehead atoms. The molecule has 100 valence electrons. The molecule has 1 rings (SSSR count). The number of alkyl halides is 1. The molecule has 0 fully saturated rings. The van der Waals surface area contributed by atoms with Gasteiger partial charge in [0.15, 0.2) is 0 Å². The summed E-state index contributed by atoms with van der Waals surface area (Å²) in [6, 6.07) is 7.48. The summed E-state index contributed by atoms with van der Waals surface area (Å²) in [6.45, 7) is 0.585. The van der Waals surface area contributed by atoms with Crippen LogP contribution >= 0.6 is 23.4 Å². The summed E-state index contributed by atoms with van der Waals surface area (Å²) >= 11 is 7.39. The zero-order valence-electron chi connectivity index (χ0n) is 10.6. The van der Waals surface area contributed by atoms with E-state index in [0.29, 0.717) is 24.5 Å². The highest BCUT2D eigenvalue weighted by atomic mass is 35.5. The van der Waals surface area contributed by atoms with E-state index < -0.39 is 0 Å². The number of hydrogen-bond acceptors (Lipinski definition) is 3. The maximum atomic E-state index is 12.1. The lowest BCUT2D eigenvalue weighted by atomic mass is 10.2. The molecule has 0 aliphatic heterocycles. The van der Waals surface area contributed by atoms with Crippen molar-refractivity contribution in [3.05, 3.63) is 29.8 Å². The normalized spacial score (nSPS) is 12.2. The summed E-state index contributed by atoms with van der Waals surface area (Å²) < 4.78 is 4.99. The van der Waals surface area contributed by atoms with Crippen LogP contribution in [0.25, 0.3) is 0 Å². The van der Waals surface area contributed by atoms with Crippen molar-refractivity contribution in [3.8, 4) is 0 Å². The van der Waals surface area contributed by atoms with E-state index in [9.17, 15) is 4.79 Å². The van der Waals surface area contributed by atoms with Gasteiger partial charge >= 0.3 is 0 Å². The average Bonchev–Trinajstić information content (AvgIpc) is 2.43. The molecule has 0 heterocycles. The molecule has 0 aromatic heterocycles. The molecule has 18 heavy (non-hydrogen) atoms. The van der Waals surface area contributed by atoms with Gasteiger partial charge in [-0.05, 0) is 24.8 Å². The molecule has 5 heteroatoms. The molecule has 0 spiro atoms. The summed E-state index contributed by atoms with van der Waals surface area (Å²) in [7, 11) is 1.64. The molecular formula is C13H18ClNO2S. The second kappa shape index (κ2) is 8.40. The molecule has 1 unspecified atom stereocenters. The molecule has 0 aliphatic rings. The first kappa shape index (κ1) is 15.3. The van der Waals surface area contributed by atoms with Crippen molar-refractivity contribution in [2.45, 2.75) is 17.4 Å². The fraction of sp³-hybridized carbons (Fsp3) is 0.462. The van der Waals surface area contributed by atoms with Gasteiger partial charge in [0.2, 0.25) is 0 Å². The predicted molar refractivity (Wildman–Crippen MR) is 76.7 cm³/mol. The summed E-state index contributed by atoms with van der Waals surface area (Å²) in [5.41, 5.74) is 0.692. The number of thioether (sulfide) groups is 1. The van der Waals surface area contributed by atoms with E-state index in [1.165, 1.54) is 0 Å². The Kier molecular flexibility index (Phi) is 7.16. The van der Waals surface area contributed by atoms with Gasteiger partial charge in [-0.3, -0.25) is 4.79 Å². The maximum absolute atomic E-state index is 12.1. The van der Waals surface area contributed by atoms with Crippen LogP contribution < -0.4 is 5.32 Å². The van der Waals surface area contributed by atoms with Crippen LogP contribution in [0.15, 0.2) is 29.2 Å². The minimum absolute atomic E-state index is 0.0611. The maximum Gasteiger partial charge on any atom is 0.252 e. The van der Waals surface area contributed by atoms with Crippen molar-refractivity contribution in [2.24, 2.45) is 0 Å². The van der Waals surface area contributed by atoms with E-state index in [2.05, 4.69) is 5.32 Å². The van der Waals surface area contributed by atoms with Crippen LogP contribution in [0, 0.1) is 0 Å². The van der Waals surface area contributed by atoms with Crippen LogP contribution in [0.1, 0.15) is 16.8 Å². The number of carbonyl (C=O) groups excluding carboxylic acids is 1. The largest absolute Gasteiger partial charge is 0.385 e. The Morgan fingerprint density at radius 1 is 1.50 bits per heavy atom. The third-order valence-corrected chi connectivity index (χ3v) is 3.71. The average molecular weight is 288 g/mol. The Bertz CT molecular complexity index is 387. The summed E-state index contributed by atoms with van der Waals surface area (Å²) in [6.07, 6.45) is 2.67. The molecule has 1 N–H and O–H groups in total. The first-order valence-electron chi connectivity index (χ1n) is 5.71. The number of nitrogens with one attached hydrogen (secondary N) is 1. The van der Waals surface area contributed by atoms with Crippen LogP contribution in [0.3, 0.4) is 0 Å². The summed E-state index contributed by atoms with van der Waals surface area (Å²) in [5, 5.41) is 2.93. The van der Waals surface area contributed by atoms with Crippen LogP contribution in [0.4, 0.5) is 0 Å². The van der Waals surface area contributed by atoms with E-state index in [1.807, 2.05) is 30.5 Å². The lowest BCUT2D eigenvalue weighted by molar-refractivity contribution is 0.0927. The number of carbonyl (C=O) groups is 1. The van der Waals surface area contributed by atoms with Crippen LogP contribution in [-0.4, -0.2) is 37.8 Å². The molecule has 0 saturated carbocycles. The molecule has 1 aromatic carbocycles. The number of amides is 1. The van der Waals surface area contributed by atoms with Gasteiger partial charge in [0.1, 0.15) is 0 Å². The van der Waals surface area contributed by atoms with E-state index in [4.69, 9.17) is 16.3 Å². The first-order valence-corrected chi connectivity index (χ1v) is 7.47. The van der Waals surface area contributed by atoms with Crippen molar-refractivity contribution in [3.63, 3.8) is 0 Å². The van der Waals surface area contributed by atoms with E-state index >= 15 is 0 Å². The Hall–Kier alpha value is -0.710. The number of ether oxygens (including phenoxy) is 1. The SMILES string of the molecule is COCCC(CCl)NC(=O)c1ccccc1SC. The number of methoxy groups -OCH3 is 1. The second-order valence-corrected chi connectivity index (χ2v) is 4.96. The molecule has 0 saturated heterocycles. The highest BCUT2D eigenvalue weighted by Crippen LogP contribution is 2.19. The fourth-order valence-electron chi connectivity index (χ4n) is 1.54. The van der Waals surface area contributed by atoms with Crippen LogP contribution in [0.2, 0.25) is 0 Å². The Morgan fingerprint density at radius 3 is 2.83 bits per heavy atom. The first-order chi connectivity index (χ1) is 8.72. The zero-order chi connectivity index (χ0) is 13.4. The van der Waals surface area contributed by atoms with Gasteiger partial charge in [-0.1, -0.05) is 12.1 Å². The fourth-order valence-corrected chi connectivity index (χ4v) is 2.37. The van der Waals surface area contributed by atoms with Crippen molar-refractivity contribution >= 4 is 29.3 Å². The molecule has 0 radical (unpaired) electrons. The standard InChI is InChI=1S/C13H18ClNO2S/c1-17-8-7-10(9-14)15-13(16)11-5-3-4-6-12(11)18-2/h3-6,10H,7-9H2,1-2H3,(H,15,16). The quantitative estimate of drug-likeness (QED) is 0.619. The molecule has 1 amide bonds. The summed E-state index contributed by atoms with van der Waals surface area (Å²) in [5.74, 6) is 0.304. The molecule has 1 atom stereocenters. The second-order valence-electron chi connectivity index (χ2n) is 3.81. The van der Waals surface area contributed by atoms with Crippen molar-refractivity contribution in [1.82, 2.24) is 5.32 Å². The highest BCUT2D eigenvalue weighted by molar-refractivity contribution is 7.98. The molecular weight excluding hydrogens is 270 g/mol. The smallest absolute Gasteiger partial charge is 0.252 e. The Labute approximate surface area is 117 Å². The van der Waals surface area contributed by atoms with E-state index in [1.54, 1.807) is 18.9 Å². The zero-order valence-corrected chi connectivity index (χ0v) is 12.2. The van der Waals surface area contributed by atoms with Crippen molar-refractivity contribution < 1.29 is 9.53 Å². The Balaban J connectivity index is 2.68. The highest BCUT2D eigenvalue weighted by Gasteiger charge is 2.15. The lowest BCUT2D eigenvalue weighted by Crippen LogP contribution is -2.37. The molecule has 1 aromatic rings. The summed E-state index contributed by atoms with van der Waals surface area (Å²) in [4.78, 5) is 13.1. The molecule has 0 aliphatic carbocycles. The van der Waals surface area contributed by atoms with Crippen LogP contribution in [0.5, 0.6) is 0 Å². The van der Waals surface area contributed by atoms with Gasteiger partial charge in [0.25, 0.3) is 5.91 Å². The van der Waals surface area contributed by atoms with Gasteiger partial charge in [-0.25, -0.2) is 0 Å². The topological polar surface area (TPSA) is 38.3 Å². The van der Waals surface area contributed by atoms with E-state index in [-0.39, 0.29) is 11.9 Å². The van der Waals surface area contributed by atoms with Gasteiger partial charge in [-0.2, -0.15) is 0 Å². The third kappa shape index (κ3) is 4.52. The third-order valence-electron chi connectivity index (χ3n) is 2.54.